The fourth-order valence-corrected chi connectivity index (χ4v) is 2.39. The second-order valence-corrected chi connectivity index (χ2v) is 5.60. The molecule has 0 atom stereocenters. The average molecular weight is 314 g/mol. The van der Waals surface area contributed by atoms with E-state index in [4.69, 9.17) is 11.6 Å². The number of aryl methyl sites for hydroxylation is 1. The van der Waals surface area contributed by atoms with Crippen LogP contribution in [0.15, 0.2) is 52.7 Å². The van der Waals surface area contributed by atoms with Crippen molar-refractivity contribution >= 4 is 40.0 Å². The highest BCUT2D eigenvalue weighted by atomic mass is 35.5. The monoisotopic (exact) mass is 313 g/mol. The van der Waals surface area contributed by atoms with Gasteiger partial charge in [0, 0.05) is 26.8 Å². The number of nitrogens with zero attached hydrogens (tertiary/aromatic N) is 5. The lowest BCUT2D eigenvalue weighted by Gasteiger charge is -2.12. The third-order valence-corrected chi connectivity index (χ3v) is 3.76. The molecule has 0 bridgehead atoms. The number of imidazole rings is 1. The Balaban J connectivity index is 1.94. The largest absolute Gasteiger partial charge is 0.378 e. The zero-order valence-corrected chi connectivity index (χ0v) is 13.4. The normalized spacial score (nSPS) is 11.5. The quantitative estimate of drug-likeness (QED) is 0.657. The van der Waals surface area contributed by atoms with Crippen LogP contribution in [0.3, 0.4) is 0 Å². The van der Waals surface area contributed by atoms with Crippen LogP contribution in [0.1, 0.15) is 0 Å². The first-order valence-electron chi connectivity index (χ1n) is 6.86. The Hall–Kier alpha value is -2.40. The second-order valence-electron chi connectivity index (χ2n) is 5.19. The van der Waals surface area contributed by atoms with Gasteiger partial charge in [-0.25, -0.2) is 4.98 Å². The number of aromatic nitrogens is 2. The molecule has 0 saturated carbocycles. The maximum Gasteiger partial charge on any atom is 0.250 e. The molecule has 3 rings (SSSR count). The smallest absolute Gasteiger partial charge is 0.250 e. The van der Waals surface area contributed by atoms with E-state index in [-0.39, 0.29) is 0 Å². The van der Waals surface area contributed by atoms with Gasteiger partial charge in [-0.1, -0.05) is 23.7 Å². The van der Waals surface area contributed by atoms with Crippen LogP contribution in [0.2, 0.25) is 5.02 Å². The van der Waals surface area contributed by atoms with Gasteiger partial charge in [-0.2, -0.15) is 0 Å². The molecule has 0 N–H and O–H groups in total. The summed E-state index contributed by atoms with van der Waals surface area (Å²) < 4.78 is 1.90. The molecule has 5 nitrogen and oxygen atoms in total. The van der Waals surface area contributed by atoms with Crippen molar-refractivity contribution in [1.29, 1.82) is 0 Å². The highest BCUT2D eigenvalue weighted by Crippen LogP contribution is 2.30. The minimum absolute atomic E-state index is 0.550. The van der Waals surface area contributed by atoms with Gasteiger partial charge in [0.15, 0.2) is 0 Å². The fourth-order valence-electron chi connectivity index (χ4n) is 2.18. The van der Waals surface area contributed by atoms with Crippen LogP contribution in [-0.4, -0.2) is 23.6 Å². The Bertz CT molecular complexity index is 851. The summed E-state index contributed by atoms with van der Waals surface area (Å²) in [6.45, 7) is 0. The molecule has 22 heavy (non-hydrogen) atoms. The number of para-hydroxylation sites is 2. The van der Waals surface area contributed by atoms with Crippen molar-refractivity contribution in [3.63, 3.8) is 0 Å². The van der Waals surface area contributed by atoms with Gasteiger partial charge in [0.25, 0.3) is 0 Å². The number of rotatable bonds is 3. The van der Waals surface area contributed by atoms with Gasteiger partial charge in [-0.15, -0.1) is 10.2 Å². The van der Waals surface area contributed by atoms with E-state index in [0.717, 1.165) is 16.7 Å². The maximum absolute atomic E-state index is 6.25. The average Bonchev–Trinajstić information content (AvgIpc) is 2.83. The molecule has 0 saturated heterocycles. The predicted molar refractivity (Wildman–Crippen MR) is 90.7 cm³/mol. The molecule has 0 amide bonds. The van der Waals surface area contributed by atoms with Crippen molar-refractivity contribution in [2.75, 3.05) is 19.0 Å². The molecule has 0 radical (unpaired) electrons. The first kappa shape index (κ1) is 14.5. The van der Waals surface area contributed by atoms with E-state index in [0.29, 0.717) is 16.7 Å². The van der Waals surface area contributed by atoms with Crippen LogP contribution in [0.25, 0.3) is 11.0 Å². The second kappa shape index (κ2) is 5.77. The van der Waals surface area contributed by atoms with Crippen LogP contribution in [0.5, 0.6) is 0 Å². The number of hydrogen-bond donors (Lipinski definition) is 0. The van der Waals surface area contributed by atoms with Gasteiger partial charge >= 0.3 is 0 Å². The number of benzene rings is 2. The topological polar surface area (TPSA) is 45.8 Å². The molecule has 112 valence electrons. The number of fused-ring (bicyclic) bond motifs is 1. The Morgan fingerprint density at radius 2 is 1.86 bits per heavy atom. The number of anilines is 1. The Labute approximate surface area is 133 Å². The number of hydrogen-bond acceptors (Lipinski definition) is 4. The maximum atomic E-state index is 6.25. The van der Waals surface area contributed by atoms with Crippen LogP contribution >= 0.6 is 11.6 Å². The molecule has 2 aromatic carbocycles. The fraction of sp³-hybridized carbons (Fsp3) is 0.188. The molecule has 1 heterocycles. The molecular weight excluding hydrogens is 298 g/mol. The van der Waals surface area contributed by atoms with Crippen LogP contribution < -0.4 is 4.90 Å². The predicted octanol–water partition coefficient (Wildman–Crippen LogP) is 4.71. The first-order valence-corrected chi connectivity index (χ1v) is 7.24. The van der Waals surface area contributed by atoms with E-state index in [2.05, 4.69) is 15.2 Å². The Morgan fingerprint density at radius 1 is 1.09 bits per heavy atom. The van der Waals surface area contributed by atoms with E-state index in [1.54, 1.807) is 0 Å². The van der Waals surface area contributed by atoms with Crippen molar-refractivity contribution in [3.05, 3.63) is 47.5 Å². The van der Waals surface area contributed by atoms with Crippen molar-refractivity contribution in [1.82, 2.24) is 9.55 Å². The lowest BCUT2D eigenvalue weighted by atomic mass is 10.3. The van der Waals surface area contributed by atoms with Crippen molar-refractivity contribution < 1.29 is 0 Å². The van der Waals surface area contributed by atoms with Gasteiger partial charge in [0.05, 0.1) is 16.1 Å². The first-order chi connectivity index (χ1) is 10.6. The van der Waals surface area contributed by atoms with Gasteiger partial charge in [0.1, 0.15) is 5.69 Å². The van der Waals surface area contributed by atoms with Gasteiger partial charge in [-0.05, 0) is 30.3 Å². The van der Waals surface area contributed by atoms with Crippen molar-refractivity contribution in [3.8, 4) is 0 Å². The molecule has 3 aromatic rings. The van der Waals surface area contributed by atoms with E-state index in [9.17, 15) is 0 Å². The van der Waals surface area contributed by atoms with Gasteiger partial charge < -0.3 is 9.47 Å². The molecule has 0 aliphatic heterocycles. The van der Waals surface area contributed by atoms with Crippen LogP contribution in [-0.2, 0) is 7.05 Å². The molecule has 0 aliphatic rings. The van der Waals surface area contributed by atoms with Crippen molar-refractivity contribution in [2.24, 2.45) is 17.3 Å². The van der Waals surface area contributed by atoms with E-state index in [1.807, 2.05) is 73.1 Å². The highest BCUT2D eigenvalue weighted by molar-refractivity contribution is 6.33. The third kappa shape index (κ3) is 2.67. The summed E-state index contributed by atoms with van der Waals surface area (Å²) in [6, 6.07) is 13.5. The van der Waals surface area contributed by atoms with Gasteiger partial charge in [-0.3, -0.25) is 0 Å². The molecule has 1 aromatic heterocycles. The zero-order valence-electron chi connectivity index (χ0n) is 12.7. The minimum atomic E-state index is 0.550. The third-order valence-electron chi connectivity index (χ3n) is 3.46. The standard InChI is InChI=1S/C16H16ClN5/c1-21(2)11-8-9-13(12(17)10-11)19-20-16-18-14-6-4-5-7-15(14)22(16)3/h4-10H,1-3H3. The van der Waals surface area contributed by atoms with Gasteiger partial charge in [0.2, 0.25) is 5.95 Å². The molecule has 0 spiro atoms. The highest BCUT2D eigenvalue weighted by Gasteiger charge is 2.07. The summed E-state index contributed by atoms with van der Waals surface area (Å²) in [4.78, 5) is 6.44. The molecular formula is C16H16ClN5. The Morgan fingerprint density at radius 3 is 2.55 bits per heavy atom. The van der Waals surface area contributed by atoms with Crippen LogP contribution in [0.4, 0.5) is 17.3 Å². The van der Waals surface area contributed by atoms with E-state index in [1.165, 1.54) is 0 Å². The summed E-state index contributed by atoms with van der Waals surface area (Å²) in [7, 11) is 5.85. The number of halogens is 1. The summed E-state index contributed by atoms with van der Waals surface area (Å²) in [5, 5.41) is 9.01. The molecule has 0 unspecified atom stereocenters. The SMILES string of the molecule is CN(C)c1ccc(N=Nc2nc3ccccc3n2C)c(Cl)c1. The Kier molecular flexibility index (Phi) is 3.81. The summed E-state index contributed by atoms with van der Waals surface area (Å²) in [5.74, 6) is 0.550. The molecule has 6 heteroatoms. The lowest BCUT2D eigenvalue weighted by molar-refractivity contribution is 0.921. The minimum Gasteiger partial charge on any atom is -0.378 e. The van der Waals surface area contributed by atoms with Crippen LogP contribution in [0, 0.1) is 0 Å². The summed E-state index contributed by atoms with van der Waals surface area (Å²) in [6.07, 6.45) is 0. The molecule has 0 fully saturated rings. The number of azo groups is 1. The zero-order chi connectivity index (χ0) is 15.7. The lowest BCUT2D eigenvalue weighted by Crippen LogP contribution is -2.07. The summed E-state index contributed by atoms with van der Waals surface area (Å²) in [5.41, 5.74) is 3.56. The van der Waals surface area contributed by atoms with E-state index >= 15 is 0 Å². The van der Waals surface area contributed by atoms with Crippen molar-refractivity contribution in [2.45, 2.75) is 0 Å². The summed E-state index contributed by atoms with van der Waals surface area (Å²) >= 11 is 6.25. The van der Waals surface area contributed by atoms with E-state index < -0.39 is 0 Å². The molecule has 0 aliphatic carbocycles.